The molecule has 1 aliphatic heterocycles. The van der Waals surface area contributed by atoms with Gasteiger partial charge in [-0.2, -0.15) is 0 Å². The Hall–Kier alpha value is 0.0700. The van der Waals surface area contributed by atoms with E-state index in [4.69, 9.17) is 18.3 Å². The first-order chi connectivity index (χ1) is 10.8. The minimum Gasteiger partial charge on any atom is -0.349 e. The average molecular weight is 350 g/mol. The van der Waals surface area contributed by atoms with E-state index in [1.165, 1.54) is 0 Å². The van der Waals surface area contributed by atoms with Gasteiger partial charge in [0.2, 0.25) is 0 Å². The van der Waals surface area contributed by atoms with Crippen LogP contribution >= 0.6 is 7.82 Å². The van der Waals surface area contributed by atoms with E-state index in [0.717, 1.165) is 25.7 Å². The van der Waals surface area contributed by atoms with Crippen LogP contribution in [0.15, 0.2) is 0 Å². The Bertz CT molecular complexity index is 362. The molecule has 23 heavy (non-hydrogen) atoms. The van der Waals surface area contributed by atoms with E-state index in [-0.39, 0.29) is 12.0 Å². The Morgan fingerprint density at radius 3 is 1.87 bits per heavy atom. The minimum atomic E-state index is -3.58. The topological polar surface area (TPSA) is 54.0 Å². The summed E-state index contributed by atoms with van der Waals surface area (Å²) in [6.45, 7) is 13.3. The van der Waals surface area contributed by atoms with Crippen molar-refractivity contribution in [2.75, 3.05) is 13.2 Å². The third-order valence-electron chi connectivity index (χ3n) is 4.90. The second kappa shape index (κ2) is 10.1. The lowest BCUT2D eigenvalue weighted by Gasteiger charge is -2.42. The van der Waals surface area contributed by atoms with Crippen molar-refractivity contribution in [3.05, 3.63) is 0 Å². The number of ether oxygens (including phenoxy) is 1. The summed E-state index contributed by atoms with van der Waals surface area (Å²) in [5.41, 5.74) is 0. The van der Waals surface area contributed by atoms with Crippen LogP contribution in [0.3, 0.4) is 0 Å². The fraction of sp³-hybridized carbons (Fsp3) is 1.00. The molecule has 0 aromatic rings. The lowest BCUT2D eigenvalue weighted by molar-refractivity contribution is -0.213. The number of unbranched alkanes of at least 4 members (excludes halogenated alkanes) is 2. The standard InChI is InChI=1S/C17H35O5P/c1-7-9-11-19-23(18,20-12-10-8-2)22-17-15(5)13(3)14(4)16(6)21-17/h13-17H,7-12H2,1-6H3/t13-,14+,15?,16?,17?/m0/s1. The van der Waals surface area contributed by atoms with E-state index >= 15 is 0 Å². The molecule has 0 aliphatic carbocycles. The molecule has 5 nitrogen and oxygen atoms in total. The molecule has 6 heteroatoms. The monoisotopic (exact) mass is 350 g/mol. The van der Waals surface area contributed by atoms with E-state index in [0.29, 0.717) is 25.0 Å². The third kappa shape index (κ3) is 6.47. The highest BCUT2D eigenvalue weighted by molar-refractivity contribution is 7.48. The zero-order valence-corrected chi connectivity index (χ0v) is 16.5. The van der Waals surface area contributed by atoms with Crippen LogP contribution in [0.4, 0.5) is 0 Å². The summed E-state index contributed by atoms with van der Waals surface area (Å²) in [6.07, 6.45) is 3.11. The number of rotatable bonds is 10. The van der Waals surface area contributed by atoms with Crippen LogP contribution in [0.2, 0.25) is 0 Å². The smallest absolute Gasteiger partial charge is 0.349 e. The van der Waals surface area contributed by atoms with Crippen LogP contribution in [0.5, 0.6) is 0 Å². The Kier molecular flexibility index (Phi) is 9.32. The molecular weight excluding hydrogens is 315 g/mol. The molecule has 1 aliphatic rings. The normalized spacial score (nSPS) is 32.2. The van der Waals surface area contributed by atoms with E-state index in [1.54, 1.807) is 0 Å². The van der Waals surface area contributed by atoms with Gasteiger partial charge in [0.15, 0.2) is 6.29 Å². The lowest BCUT2D eigenvalue weighted by atomic mass is 9.79. The van der Waals surface area contributed by atoms with Crippen LogP contribution in [0, 0.1) is 17.8 Å². The van der Waals surface area contributed by atoms with E-state index in [1.807, 2.05) is 6.92 Å². The summed E-state index contributed by atoms with van der Waals surface area (Å²) in [7, 11) is -3.58. The lowest BCUT2D eigenvalue weighted by Crippen LogP contribution is -2.44. The highest BCUT2D eigenvalue weighted by Gasteiger charge is 2.42. The minimum absolute atomic E-state index is 0.0610. The molecule has 0 aromatic heterocycles. The fourth-order valence-electron chi connectivity index (χ4n) is 2.60. The van der Waals surface area contributed by atoms with Crippen LogP contribution in [-0.2, 0) is 22.9 Å². The van der Waals surface area contributed by atoms with Crippen LogP contribution in [0.1, 0.15) is 67.2 Å². The van der Waals surface area contributed by atoms with Gasteiger partial charge in [-0.25, -0.2) is 4.57 Å². The zero-order chi connectivity index (χ0) is 17.5. The van der Waals surface area contributed by atoms with Gasteiger partial charge in [0, 0.05) is 5.92 Å². The highest BCUT2D eigenvalue weighted by Crippen LogP contribution is 2.53. The van der Waals surface area contributed by atoms with Crippen molar-refractivity contribution in [3.63, 3.8) is 0 Å². The predicted octanol–water partition coefficient (Wildman–Crippen LogP) is 5.40. The van der Waals surface area contributed by atoms with Crippen molar-refractivity contribution in [3.8, 4) is 0 Å². The Balaban J connectivity index is 2.72. The molecule has 1 heterocycles. The second-order valence-corrected chi connectivity index (χ2v) is 8.33. The molecule has 0 spiro atoms. The average Bonchev–Trinajstić information content (AvgIpc) is 2.51. The van der Waals surface area contributed by atoms with Crippen molar-refractivity contribution in [2.45, 2.75) is 79.6 Å². The fourth-order valence-corrected chi connectivity index (χ4v) is 4.00. The van der Waals surface area contributed by atoms with Crippen LogP contribution in [0.25, 0.3) is 0 Å². The summed E-state index contributed by atoms with van der Waals surface area (Å²) in [4.78, 5) is 0. The van der Waals surface area contributed by atoms with Gasteiger partial charge in [0.05, 0.1) is 19.3 Å². The quantitative estimate of drug-likeness (QED) is 0.390. The Labute approximate surface area is 142 Å². The van der Waals surface area contributed by atoms with E-state index < -0.39 is 14.1 Å². The zero-order valence-electron chi connectivity index (χ0n) is 15.6. The van der Waals surface area contributed by atoms with E-state index in [2.05, 4.69) is 34.6 Å². The van der Waals surface area contributed by atoms with Gasteiger partial charge in [0.1, 0.15) is 0 Å². The maximum Gasteiger partial charge on any atom is 0.477 e. The maximum absolute atomic E-state index is 12.9. The molecule has 138 valence electrons. The molecular formula is C17H35O5P. The van der Waals surface area contributed by atoms with Crippen molar-refractivity contribution in [2.24, 2.45) is 17.8 Å². The summed E-state index contributed by atoms with van der Waals surface area (Å²) in [5, 5.41) is 0. The molecule has 1 saturated heterocycles. The van der Waals surface area contributed by atoms with Crippen LogP contribution in [-0.4, -0.2) is 25.6 Å². The predicted molar refractivity (Wildman–Crippen MR) is 92.2 cm³/mol. The van der Waals surface area contributed by atoms with Gasteiger partial charge >= 0.3 is 7.82 Å². The van der Waals surface area contributed by atoms with Gasteiger partial charge in [-0.3, -0.25) is 13.6 Å². The number of hydrogen-bond donors (Lipinski definition) is 0. The summed E-state index contributed by atoms with van der Waals surface area (Å²) in [6, 6.07) is 0. The number of phosphoric acid groups is 1. The number of hydrogen-bond acceptors (Lipinski definition) is 5. The van der Waals surface area contributed by atoms with Gasteiger partial charge in [-0.05, 0) is 31.6 Å². The summed E-state index contributed by atoms with van der Waals surface area (Å²) >= 11 is 0. The molecule has 0 radical (unpaired) electrons. The van der Waals surface area contributed by atoms with Crippen molar-refractivity contribution in [1.29, 1.82) is 0 Å². The van der Waals surface area contributed by atoms with Crippen molar-refractivity contribution in [1.82, 2.24) is 0 Å². The number of phosphoric ester groups is 1. The third-order valence-corrected chi connectivity index (χ3v) is 6.37. The molecule has 1 fully saturated rings. The molecule has 1 rings (SSSR count). The van der Waals surface area contributed by atoms with Crippen molar-refractivity contribution >= 4 is 7.82 Å². The molecule has 0 amide bonds. The van der Waals surface area contributed by atoms with Crippen molar-refractivity contribution < 1.29 is 22.9 Å². The second-order valence-electron chi connectivity index (χ2n) is 6.71. The highest BCUT2D eigenvalue weighted by atomic mass is 31.2. The Morgan fingerprint density at radius 2 is 1.39 bits per heavy atom. The molecule has 0 aromatic carbocycles. The first-order valence-electron chi connectivity index (χ1n) is 9.07. The van der Waals surface area contributed by atoms with E-state index in [9.17, 15) is 4.57 Å². The SMILES string of the molecule is CCCCOP(=O)(OCCCC)OC1OC(C)[C@H](C)[C@H](C)C1C. The molecule has 0 saturated carbocycles. The maximum atomic E-state index is 12.9. The molecule has 0 N–H and O–H groups in total. The largest absolute Gasteiger partial charge is 0.477 e. The molecule has 5 atom stereocenters. The Morgan fingerprint density at radius 1 is 0.870 bits per heavy atom. The van der Waals surface area contributed by atoms with Gasteiger partial charge in [-0.1, -0.05) is 47.5 Å². The van der Waals surface area contributed by atoms with Crippen LogP contribution < -0.4 is 0 Å². The van der Waals surface area contributed by atoms with Gasteiger partial charge in [-0.15, -0.1) is 0 Å². The first-order valence-corrected chi connectivity index (χ1v) is 10.5. The summed E-state index contributed by atoms with van der Waals surface area (Å²) in [5.74, 6) is 0.994. The van der Waals surface area contributed by atoms with Gasteiger partial charge in [0.25, 0.3) is 0 Å². The first kappa shape index (κ1) is 21.1. The summed E-state index contributed by atoms with van der Waals surface area (Å²) < 4.78 is 35.6. The molecule has 3 unspecified atom stereocenters. The molecule has 0 bridgehead atoms. The van der Waals surface area contributed by atoms with Gasteiger partial charge < -0.3 is 4.74 Å².